The lowest BCUT2D eigenvalue weighted by atomic mass is 9.96. The highest BCUT2D eigenvalue weighted by molar-refractivity contribution is 5.93. The van der Waals surface area contributed by atoms with Gasteiger partial charge in [0.15, 0.2) is 0 Å². The van der Waals surface area contributed by atoms with Gasteiger partial charge in [-0.25, -0.2) is 4.98 Å². The molecule has 28 heavy (non-hydrogen) atoms. The fourth-order valence-corrected chi connectivity index (χ4v) is 3.34. The Morgan fingerprint density at radius 2 is 1.93 bits per heavy atom. The Hall–Kier alpha value is -2.77. The number of rotatable bonds is 4. The molecule has 150 valence electrons. The van der Waals surface area contributed by atoms with Crippen molar-refractivity contribution >= 4 is 23.1 Å². The van der Waals surface area contributed by atoms with Gasteiger partial charge in [0.05, 0.1) is 11.5 Å². The third-order valence-corrected chi connectivity index (χ3v) is 4.84. The summed E-state index contributed by atoms with van der Waals surface area (Å²) in [5.74, 6) is -0.694. The second kappa shape index (κ2) is 8.08. The third kappa shape index (κ3) is 4.55. The lowest BCUT2D eigenvalue weighted by Crippen LogP contribution is -2.42. The van der Waals surface area contributed by atoms with Gasteiger partial charge in [0.25, 0.3) is 0 Å². The highest BCUT2D eigenvalue weighted by atomic mass is 19.4. The molecular weight excluding hydrogens is 369 g/mol. The van der Waals surface area contributed by atoms with Gasteiger partial charge in [0.1, 0.15) is 5.82 Å². The van der Waals surface area contributed by atoms with Crippen molar-refractivity contribution in [2.75, 3.05) is 42.3 Å². The number of nitrogens with one attached hydrogen (secondary N) is 1. The van der Waals surface area contributed by atoms with Crippen LogP contribution in [0, 0.1) is 5.92 Å². The number of anilines is 3. The molecule has 3 rings (SSSR count). The average Bonchev–Trinajstić information content (AvgIpc) is 2.68. The molecule has 2 aromatic rings. The number of nitrogens with zero attached hydrogens (tertiary/aromatic N) is 3. The molecule has 1 fully saturated rings. The summed E-state index contributed by atoms with van der Waals surface area (Å²) in [7, 11) is 3.86. The van der Waals surface area contributed by atoms with Crippen LogP contribution in [0.4, 0.5) is 30.4 Å². The second-order valence-electron chi connectivity index (χ2n) is 7.09. The van der Waals surface area contributed by atoms with Crippen LogP contribution < -0.4 is 15.1 Å². The SMILES string of the molecule is CN(C)c1ccc(NC(=O)C2CCCN(c3ncccc3C(F)(F)F)C2)cc1. The Labute approximate surface area is 162 Å². The summed E-state index contributed by atoms with van der Waals surface area (Å²) >= 11 is 0. The topological polar surface area (TPSA) is 48.5 Å². The zero-order valence-electron chi connectivity index (χ0n) is 15.8. The van der Waals surface area contributed by atoms with Gasteiger partial charge < -0.3 is 15.1 Å². The van der Waals surface area contributed by atoms with Gasteiger partial charge in [0, 0.05) is 44.8 Å². The van der Waals surface area contributed by atoms with Crippen LogP contribution in [0.25, 0.3) is 0 Å². The minimum atomic E-state index is -4.48. The number of carbonyl (C=O) groups is 1. The Balaban J connectivity index is 1.70. The largest absolute Gasteiger partial charge is 0.419 e. The first-order chi connectivity index (χ1) is 13.3. The van der Waals surface area contributed by atoms with E-state index in [0.717, 1.165) is 11.8 Å². The molecule has 1 atom stereocenters. The van der Waals surface area contributed by atoms with Gasteiger partial charge in [-0.3, -0.25) is 4.79 Å². The van der Waals surface area contributed by atoms with Crippen LogP contribution in [0.15, 0.2) is 42.6 Å². The minimum Gasteiger partial charge on any atom is -0.378 e. The number of amides is 1. The Morgan fingerprint density at radius 1 is 1.21 bits per heavy atom. The number of pyridine rings is 1. The van der Waals surface area contributed by atoms with Crippen LogP contribution in [0.3, 0.4) is 0 Å². The maximum Gasteiger partial charge on any atom is 0.419 e. The lowest BCUT2D eigenvalue weighted by molar-refractivity contribution is -0.137. The van der Waals surface area contributed by atoms with E-state index in [-0.39, 0.29) is 18.3 Å². The van der Waals surface area contributed by atoms with E-state index >= 15 is 0 Å². The Morgan fingerprint density at radius 3 is 2.57 bits per heavy atom. The molecule has 1 saturated heterocycles. The molecule has 2 heterocycles. The van der Waals surface area contributed by atoms with E-state index in [0.29, 0.717) is 25.1 Å². The summed E-state index contributed by atoms with van der Waals surface area (Å²) in [6.07, 6.45) is -1.87. The molecule has 8 heteroatoms. The van der Waals surface area contributed by atoms with Crippen LogP contribution in [0.1, 0.15) is 18.4 Å². The van der Waals surface area contributed by atoms with Crippen LogP contribution in [0.5, 0.6) is 0 Å². The van der Waals surface area contributed by atoms with E-state index in [4.69, 9.17) is 0 Å². The van der Waals surface area contributed by atoms with Crippen LogP contribution >= 0.6 is 0 Å². The first-order valence-corrected chi connectivity index (χ1v) is 9.11. The monoisotopic (exact) mass is 392 g/mol. The fourth-order valence-electron chi connectivity index (χ4n) is 3.34. The maximum atomic E-state index is 13.3. The van der Waals surface area contributed by atoms with Crippen molar-refractivity contribution in [3.8, 4) is 0 Å². The number of hydrogen-bond acceptors (Lipinski definition) is 4. The van der Waals surface area contributed by atoms with E-state index in [9.17, 15) is 18.0 Å². The number of benzene rings is 1. The van der Waals surface area contributed by atoms with Crippen molar-refractivity contribution in [3.05, 3.63) is 48.2 Å². The molecule has 1 aliphatic heterocycles. The summed E-state index contributed by atoms with van der Waals surface area (Å²) < 4.78 is 39.9. The van der Waals surface area contributed by atoms with Crippen LogP contribution in [-0.4, -0.2) is 38.1 Å². The fraction of sp³-hybridized carbons (Fsp3) is 0.400. The number of piperidine rings is 1. The van der Waals surface area contributed by atoms with Crippen molar-refractivity contribution in [2.45, 2.75) is 19.0 Å². The minimum absolute atomic E-state index is 0.108. The summed E-state index contributed by atoms with van der Waals surface area (Å²) in [6, 6.07) is 9.72. The predicted molar refractivity (Wildman–Crippen MR) is 104 cm³/mol. The van der Waals surface area contributed by atoms with E-state index in [1.165, 1.54) is 12.3 Å². The highest BCUT2D eigenvalue weighted by Gasteiger charge is 2.37. The van der Waals surface area contributed by atoms with E-state index in [2.05, 4.69) is 10.3 Å². The van der Waals surface area contributed by atoms with Crippen molar-refractivity contribution in [2.24, 2.45) is 5.92 Å². The molecule has 0 spiro atoms. The number of halogens is 3. The first kappa shape index (κ1) is 20.0. The zero-order valence-corrected chi connectivity index (χ0v) is 15.8. The summed E-state index contributed by atoms with van der Waals surface area (Å²) in [5.41, 5.74) is 0.911. The van der Waals surface area contributed by atoms with E-state index in [1.807, 2.05) is 43.3 Å². The summed E-state index contributed by atoms with van der Waals surface area (Å²) in [6.45, 7) is 0.656. The Kier molecular flexibility index (Phi) is 5.76. The molecule has 0 bridgehead atoms. The molecule has 1 aromatic carbocycles. The van der Waals surface area contributed by atoms with Crippen molar-refractivity contribution in [1.82, 2.24) is 4.98 Å². The quantitative estimate of drug-likeness (QED) is 0.854. The molecule has 0 saturated carbocycles. The average molecular weight is 392 g/mol. The van der Waals surface area contributed by atoms with Crippen LogP contribution in [-0.2, 0) is 11.0 Å². The number of carbonyl (C=O) groups excluding carboxylic acids is 1. The smallest absolute Gasteiger partial charge is 0.378 e. The first-order valence-electron chi connectivity index (χ1n) is 9.11. The molecule has 1 aromatic heterocycles. The zero-order chi connectivity index (χ0) is 20.3. The van der Waals surface area contributed by atoms with Crippen LogP contribution in [0.2, 0.25) is 0 Å². The second-order valence-corrected chi connectivity index (χ2v) is 7.09. The van der Waals surface area contributed by atoms with Crippen molar-refractivity contribution in [1.29, 1.82) is 0 Å². The van der Waals surface area contributed by atoms with Crippen molar-refractivity contribution in [3.63, 3.8) is 0 Å². The third-order valence-electron chi connectivity index (χ3n) is 4.84. The molecular formula is C20H23F3N4O. The number of hydrogen-bond donors (Lipinski definition) is 1. The normalized spacial score (nSPS) is 17.3. The van der Waals surface area contributed by atoms with Gasteiger partial charge in [-0.1, -0.05) is 0 Å². The standard InChI is InChI=1S/C20H23F3N4O/c1-26(2)16-9-7-15(8-10-16)25-19(28)14-5-4-12-27(13-14)18-17(20(21,22)23)6-3-11-24-18/h3,6-11,14H,4-5,12-13H2,1-2H3,(H,25,28). The van der Waals surface area contributed by atoms with Crippen molar-refractivity contribution < 1.29 is 18.0 Å². The van der Waals surface area contributed by atoms with Gasteiger partial charge >= 0.3 is 6.18 Å². The number of aromatic nitrogens is 1. The molecule has 1 unspecified atom stereocenters. The molecule has 0 aliphatic carbocycles. The van der Waals surface area contributed by atoms with Gasteiger partial charge in [-0.15, -0.1) is 0 Å². The number of alkyl halides is 3. The lowest BCUT2D eigenvalue weighted by Gasteiger charge is -2.34. The predicted octanol–water partition coefficient (Wildman–Crippen LogP) is 4.02. The van der Waals surface area contributed by atoms with E-state index in [1.54, 1.807) is 4.90 Å². The highest BCUT2D eigenvalue weighted by Crippen LogP contribution is 2.36. The molecule has 1 N–H and O–H groups in total. The van der Waals surface area contributed by atoms with Gasteiger partial charge in [-0.05, 0) is 49.2 Å². The van der Waals surface area contributed by atoms with Gasteiger partial charge in [-0.2, -0.15) is 13.2 Å². The molecule has 5 nitrogen and oxygen atoms in total. The Bertz CT molecular complexity index is 821. The van der Waals surface area contributed by atoms with Gasteiger partial charge in [0.2, 0.25) is 5.91 Å². The maximum absolute atomic E-state index is 13.3. The van der Waals surface area contributed by atoms with E-state index < -0.39 is 17.7 Å². The summed E-state index contributed by atoms with van der Waals surface area (Å²) in [5, 5.41) is 2.87. The molecule has 1 aliphatic rings. The molecule has 1 amide bonds. The molecule has 0 radical (unpaired) electrons. The summed E-state index contributed by atoms with van der Waals surface area (Å²) in [4.78, 5) is 20.1.